The van der Waals surface area contributed by atoms with E-state index in [1.807, 2.05) is 13.1 Å². The molecule has 2 fully saturated rings. The Labute approximate surface area is 191 Å². The van der Waals surface area contributed by atoms with Gasteiger partial charge in [0.1, 0.15) is 11.6 Å². The summed E-state index contributed by atoms with van der Waals surface area (Å²) in [6, 6.07) is 8.92. The number of benzene rings is 1. The van der Waals surface area contributed by atoms with E-state index in [9.17, 15) is 14.3 Å². The van der Waals surface area contributed by atoms with Crippen molar-refractivity contribution in [3.8, 4) is 28.1 Å². The molecule has 2 bridgehead atoms. The molecule has 2 N–H and O–H groups in total. The summed E-state index contributed by atoms with van der Waals surface area (Å²) >= 11 is 0. The van der Waals surface area contributed by atoms with Crippen LogP contribution < -0.4 is 15.8 Å². The van der Waals surface area contributed by atoms with Crippen molar-refractivity contribution in [1.29, 1.82) is 0 Å². The summed E-state index contributed by atoms with van der Waals surface area (Å²) in [5, 5.41) is 26.8. The van der Waals surface area contributed by atoms with Gasteiger partial charge >= 0.3 is 0 Å². The molecule has 0 spiro atoms. The number of nitrogens with zero attached hydrogens (tertiary/aromatic N) is 5. The highest BCUT2D eigenvalue weighted by Crippen LogP contribution is 2.35. The van der Waals surface area contributed by atoms with E-state index in [0.717, 1.165) is 23.3 Å². The van der Waals surface area contributed by atoms with Crippen LogP contribution >= 0.6 is 0 Å². The zero-order valence-corrected chi connectivity index (χ0v) is 18.7. The number of hydrogen-bond acceptors (Lipinski definition) is 7. The molecule has 1 aromatic carbocycles. The first-order valence-electron chi connectivity index (χ1n) is 11.3. The van der Waals surface area contributed by atoms with Crippen molar-refractivity contribution in [2.24, 2.45) is 7.05 Å². The Balaban J connectivity index is 1.38. The molecule has 0 saturated carbocycles. The average molecular weight is 451 g/mol. The Morgan fingerprint density at radius 3 is 2.55 bits per heavy atom. The molecule has 33 heavy (non-hydrogen) atoms. The van der Waals surface area contributed by atoms with E-state index >= 15 is 0 Å². The van der Waals surface area contributed by atoms with Crippen molar-refractivity contribution in [1.82, 2.24) is 25.3 Å². The molecule has 4 heterocycles. The zero-order valence-electron chi connectivity index (χ0n) is 18.7. The summed E-state index contributed by atoms with van der Waals surface area (Å²) in [6.45, 7) is 0. The first-order chi connectivity index (χ1) is 15.9. The van der Waals surface area contributed by atoms with Crippen LogP contribution in [0.25, 0.3) is 22.4 Å². The second-order valence-electron chi connectivity index (χ2n) is 9.06. The third-order valence-electron chi connectivity index (χ3n) is 6.89. The van der Waals surface area contributed by atoms with Gasteiger partial charge in [0.15, 0.2) is 5.82 Å². The van der Waals surface area contributed by atoms with Gasteiger partial charge in [0, 0.05) is 55.0 Å². The van der Waals surface area contributed by atoms with Crippen LogP contribution in [0.4, 0.5) is 10.2 Å². The number of piperidine rings is 2. The van der Waals surface area contributed by atoms with E-state index in [2.05, 4.69) is 25.5 Å². The number of aromatic hydroxyl groups is 1. The van der Waals surface area contributed by atoms with Crippen molar-refractivity contribution in [2.45, 2.75) is 50.2 Å². The predicted octanol–water partition coefficient (Wildman–Crippen LogP) is 2.86. The second-order valence-corrected chi connectivity index (χ2v) is 9.06. The van der Waals surface area contributed by atoms with E-state index in [0.29, 0.717) is 29.4 Å². The topological polar surface area (TPSA) is 96.2 Å². The van der Waals surface area contributed by atoms with Crippen LogP contribution in [0.5, 0.6) is 5.75 Å². The van der Waals surface area contributed by atoms with Gasteiger partial charge in [0.05, 0.1) is 11.9 Å². The first kappa shape index (κ1) is 21.5. The van der Waals surface area contributed by atoms with Gasteiger partial charge in [-0.3, -0.25) is 4.79 Å². The predicted molar refractivity (Wildman–Crippen MR) is 124 cm³/mol. The normalized spacial score (nSPS) is 22.2. The van der Waals surface area contributed by atoms with E-state index in [-0.39, 0.29) is 22.4 Å². The molecule has 0 amide bonds. The average Bonchev–Trinajstić information content (AvgIpc) is 2.81. The van der Waals surface area contributed by atoms with E-state index < -0.39 is 5.82 Å². The number of fused-ring (bicyclic) bond motifs is 2. The fraction of sp³-hybridized carbons (Fsp3) is 0.417. The number of phenolic OH excluding ortho intramolecular Hbond substituents is 1. The van der Waals surface area contributed by atoms with Crippen LogP contribution in [0.2, 0.25) is 0 Å². The third kappa shape index (κ3) is 4.20. The van der Waals surface area contributed by atoms with Gasteiger partial charge in [-0.15, -0.1) is 10.2 Å². The molecule has 5 rings (SSSR count). The van der Waals surface area contributed by atoms with Crippen LogP contribution in [0.1, 0.15) is 32.1 Å². The summed E-state index contributed by atoms with van der Waals surface area (Å²) in [4.78, 5) is 14.0. The number of halogens is 1. The lowest BCUT2D eigenvalue weighted by Crippen LogP contribution is -2.54. The molecule has 3 aromatic rings. The van der Waals surface area contributed by atoms with Crippen LogP contribution in [0.15, 0.2) is 41.3 Å². The SMILES string of the molecule is CN(c1ccc(-c2cc(F)c(-c3cnn(C)c(=O)c3)cc2O)nn1)C1CC2CCCC(C1)N2. The molecule has 2 aliphatic rings. The van der Waals surface area contributed by atoms with Crippen LogP contribution in [-0.2, 0) is 7.05 Å². The fourth-order valence-corrected chi connectivity index (χ4v) is 5.00. The molecule has 9 heteroatoms. The van der Waals surface area contributed by atoms with Gasteiger partial charge in [-0.2, -0.15) is 5.10 Å². The molecular formula is C24H27FN6O2. The molecule has 2 aromatic heterocycles. The lowest BCUT2D eigenvalue weighted by molar-refractivity contribution is 0.219. The van der Waals surface area contributed by atoms with Crippen LogP contribution in [0.3, 0.4) is 0 Å². The number of rotatable bonds is 4. The van der Waals surface area contributed by atoms with Crippen LogP contribution in [0, 0.1) is 5.82 Å². The van der Waals surface area contributed by atoms with Crippen molar-refractivity contribution in [2.75, 3.05) is 11.9 Å². The van der Waals surface area contributed by atoms with Crippen LogP contribution in [-0.4, -0.2) is 50.3 Å². The van der Waals surface area contributed by atoms with Gasteiger partial charge in [-0.25, -0.2) is 9.07 Å². The van der Waals surface area contributed by atoms with Crippen molar-refractivity contribution < 1.29 is 9.50 Å². The minimum Gasteiger partial charge on any atom is -0.507 e. The number of hydrogen-bond donors (Lipinski definition) is 2. The molecule has 172 valence electrons. The second kappa shape index (κ2) is 8.55. The van der Waals surface area contributed by atoms with Gasteiger partial charge < -0.3 is 15.3 Å². The number of aromatic nitrogens is 4. The number of nitrogens with one attached hydrogen (secondary N) is 1. The fourth-order valence-electron chi connectivity index (χ4n) is 5.00. The highest BCUT2D eigenvalue weighted by molar-refractivity contribution is 5.74. The van der Waals surface area contributed by atoms with Gasteiger partial charge in [0.2, 0.25) is 0 Å². The Bertz CT molecular complexity index is 1220. The van der Waals surface area contributed by atoms with Gasteiger partial charge in [-0.05, 0) is 49.9 Å². The molecule has 2 aliphatic heterocycles. The minimum atomic E-state index is -0.581. The first-order valence-corrected chi connectivity index (χ1v) is 11.3. The Hall–Kier alpha value is -3.33. The molecule has 2 saturated heterocycles. The maximum atomic E-state index is 14.9. The maximum absolute atomic E-state index is 14.9. The monoisotopic (exact) mass is 450 g/mol. The standard InChI is InChI=1S/C24H27FN6O2/c1-30(17-9-15-4-3-5-16(10-17)27-15)23-7-6-21(28-29-23)19-11-20(25)18(12-22(19)32)14-8-24(33)31(2)26-13-14/h6-8,11-13,15-17,27,32H,3-5,9-10H2,1-2H3. The van der Waals surface area contributed by atoms with E-state index in [1.165, 1.54) is 50.7 Å². The Kier molecular flexibility index (Phi) is 5.57. The summed E-state index contributed by atoms with van der Waals surface area (Å²) < 4.78 is 16.0. The summed E-state index contributed by atoms with van der Waals surface area (Å²) in [6.07, 6.45) is 7.30. The number of aryl methyl sites for hydroxylation is 1. The van der Waals surface area contributed by atoms with E-state index in [4.69, 9.17) is 0 Å². The lowest BCUT2D eigenvalue weighted by atomic mass is 9.83. The lowest BCUT2D eigenvalue weighted by Gasteiger charge is -2.43. The quantitative estimate of drug-likeness (QED) is 0.631. The van der Waals surface area contributed by atoms with Crippen molar-refractivity contribution in [3.63, 3.8) is 0 Å². The summed E-state index contributed by atoms with van der Waals surface area (Å²) in [7, 11) is 3.55. The Morgan fingerprint density at radius 2 is 1.88 bits per heavy atom. The summed E-state index contributed by atoms with van der Waals surface area (Å²) in [5.74, 6) is 0.0299. The zero-order chi connectivity index (χ0) is 23.1. The molecule has 2 atom stereocenters. The minimum absolute atomic E-state index is 0.0993. The molecule has 0 radical (unpaired) electrons. The van der Waals surface area contributed by atoms with Gasteiger partial charge in [-0.1, -0.05) is 6.42 Å². The Morgan fingerprint density at radius 1 is 1.12 bits per heavy atom. The van der Waals surface area contributed by atoms with Crippen molar-refractivity contribution in [3.05, 3.63) is 52.7 Å². The van der Waals surface area contributed by atoms with E-state index in [1.54, 1.807) is 6.07 Å². The number of phenols is 1. The third-order valence-corrected chi connectivity index (χ3v) is 6.89. The molecule has 2 unspecified atom stereocenters. The largest absolute Gasteiger partial charge is 0.507 e. The highest BCUT2D eigenvalue weighted by atomic mass is 19.1. The molecule has 0 aliphatic carbocycles. The number of anilines is 1. The molecule has 8 nitrogen and oxygen atoms in total. The van der Waals surface area contributed by atoms with Gasteiger partial charge in [0.25, 0.3) is 5.56 Å². The smallest absolute Gasteiger partial charge is 0.267 e. The molecular weight excluding hydrogens is 423 g/mol. The maximum Gasteiger partial charge on any atom is 0.267 e. The van der Waals surface area contributed by atoms with Crippen molar-refractivity contribution >= 4 is 5.82 Å². The summed E-state index contributed by atoms with van der Waals surface area (Å²) in [5.41, 5.74) is 0.651. The highest BCUT2D eigenvalue weighted by Gasteiger charge is 2.33.